The van der Waals surface area contributed by atoms with Crippen LogP contribution in [-0.2, 0) is 5.41 Å². The molecule has 1 nitrogen and oxygen atoms in total. The molecule has 0 heterocycles. The second-order valence-corrected chi connectivity index (χ2v) is 8.38. The van der Waals surface area contributed by atoms with E-state index in [-0.39, 0.29) is 11.3 Å². The molecule has 3 aliphatic carbocycles. The van der Waals surface area contributed by atoms with Gasteiger partial charge in [-0.05, 0) is 33.4 Å². The minimum atomic E-state index is -0.146. The minimum Gasteiger partial charge on any atom is -0.507 e. The van der Waals surface area contributed by atoms with Crippen LogP contribution < -0.4 is 0 Å². The van der Waals surface area contributed by atoms with Gasteiger partial charge in [-0.25, -0.2) is 0 Å². The Morgan fingerprint density at radius 3 is 2.52 bits per heavy atom. The molecule has 1 unspecified atom stereocenters. The fraction of sp³-hybridized carbons (Fsp3) is 0.143. The van der Waals surface area contributed by atoms with Crippen LogP contribution in [0.4, 0.5) is 0 Å². The van der Waals surface area contributed by atoms with Gasteiger partial charge in [0, 0.05) is 22.5 Å². The highest BCUT2D eigenvalue weighted by Gasteiger charge is 2.37. The van der Waals surface area contributed by atoms with Crippen molar-refractivity contribution < 1.29 is 5.11 Å². The van der Waals surface area contributed by atoms with Crippen molar-refractivity contribution in [1.29, 1.82) is 0 Å². The number of phenolic OH excluding ortho intramolecular Hbond substituents is 1. The summed E-state index contributed by atoms with van der Waals surface area (Å²) in [6.45, 7) is 8.56. The highest BCUT2D eigenvalue weighted by Crippen LogP contribution is 2.52. The predicted molar refractivity (Wildman–Crippen MR) is 122 cm³/mol. The number of hydrogen-bond acceptors (Lipinski definition) is 1. The van der Waals surface area contributed by atoms with Crippen LogP contribution in [0.25, 0.3) is 11.1 Å². The van der Waals surface area contributed by atoms with Crippen molar-refractivity contribution in [2.75, 3.05) is 0 Å². The van der Waals surface area contributed by atoms with Crippen molar-refractivity contribution in [3.8, 4) is 5.75 Å². The van der Waals surface area contributed by atoms with E-state index >= 15 is 0 Å². The van der Waals surface area contributed by atoms with Gasteiger partial charge >= 0.3 is 0 Å². The topological polar surface area (TPSA) is 20.2 Å². The predicted octanol–water partition coefficient (Wildman–Crippen LogP) is 6.74. The van der Waals surface area contributed by atoms with Gasteiger partial charge in [0.2, 0.25) is 0 Å². The molecule has 0 saturated heterocycles. The van der Waals surface area contributed by atoms with Crippen molar-refractivity contribution >= 4 is 11.1 Å². The summed E-state index contributed by atoms with van der Waals surface area (Å²) in [5.74, 6) is 0.553. The van der Waals surface area contributed by atoms with Gasteiger partial charge in [-0.15, -0.1) is 0 Å². The first kappa shape index (κ1) is 17.8. The van der Waals surface area contributed by atoms with E-state index < -0.39 is 0 Å². The average Bonchev–Trinajstić information content (AvgIpc) is 3.29. The largest absolute Gasteiger partial charge is 0.507 e. The zero-order chi connectivity index (χ0) is 20.2. The molecular weight excluding hydrogens is 352 g/mol. The van der Waals surface area contributed by atoms with E-state index in [2.05, 4.69) is 81.1 Å². The molecule has 0 spiro atoms. The smallest absolute Gasteiger partial charge is 0.130 e. The zero-order valence-electron chi connectivity index (χ0n) is 16.8. The Morgan fingerprint density at radius 2 is 1.69 bits per heavy atom. The van der Waals surface area contributed by atoms with Gasteiger partial charge in [-0.1, -0.05) is 105 Å². The Labute approximate surface area is 172 Å². The number of allylic oxidation sites excluding steroid dienone is 10. The van der Waals surface area contributed by atoms with Gasteiger partial charge in [-0.2, -0.15) is 0 Å². The normalized spacial score (nSPS) is 21.0. The molecule has 1 atom stereocenters. The highest BCUT2D eigenvalue weighted by molar-refractivity contribution is 5.95. The van der Waals surface area contributed by atoms with Gasteiger partial charge in [0.15, 0.2) is 0 Å². The van der Waals surface area contributed by atoms with Crippen molar-refractivity contribution in [2.24, 2.45) is 5.92 Å². The lowest BCUT2D eigenvalue weighted by Crippen LogP contribution is -2.15. The van der Waals surface area contributed by atoms with Crippen LogP contribution in [0.5, 0.6) is 5.75 Å². The second kappa shape index (κ2) is 6.35. The number of hydrogen-bond donors (Lipinski definition) is 1. The van der Waals surface area contributed by atoms with Crippen molar-refractivity contribution in [1.82, 2.24) is 0 Å². The zero-order valence-corrected chi connectivity index (χ0v) is 16.8. The van der Waals surface area contributed by atoms with Gasteiger partial charge in [0.05, 0.1) is 0 Å². The molecule has 0 aromatic heterocycles. The molecule has 2 aromatic rings. The monoisotopic (exact) mass is 376 g/mol. The first-order chi connectivity index (χ1) is 14.0. The number of benzene rings is 2. The Balaban J connectivity index is 1.73. The van der Waals surface area contributed by atoms with Gasteiger partial charge in [0.25, 0.3) is 0 Å². The van der Waals surface area contributed by atoms with Gasteiger partial charge in [-0.3, -0.25) is 0 Å². The molecule has 1 N–H and O–H groups in total. The van der Waals surface area contributed by atoms with E-state index in [0.29, 0.717) is 5.75 Å². The summed E-state index contributed by atoms with van der Waals surface area (Å²) in [6, 6.07) is 14.6. The maximum absolute atomic E-state index is 11.5. The summed E-state index contributed by atoms with van der Waals surface area (Å²) in [4.78, 5) is 0. The number of aromatic hydroxyl groups is 1. The minimum absolute atomic E-state index is 0.146. The third-order valence-corrected chi connectivity index (χ3v) is 6.48. The van der Waals surface area contributed by atoms with E-state index in [1.54, 1.807) is 0 Å². The molecule has 2 aromatic carbocycles. The van der Waals surface area contributed by atoms with Crippen LogP contribution >= 0.6 is 0 Å². The quantitative estimate of drug-likeness (QED) is 0.629. The maximum atomic E-state index is 11.5. The van der Waals surface area contributed by atoms with E-state index in [0.717, 1.165) is 27.8 Å². The third-order valence-electron chi connectivity index (χ3n) is 6.48. The third kappa shape index (κ3) is 2.47. The number of fused-ring (bicyclic) bond motifs is 2. The van der Waals surface area contributed by atoms with Crippen LogP contribution in [0, 0.1) is 5.92 Å². The molecule has 1 heteroatoms. The summed E-state index contributed by atoms with van der Waals surface area (Å²) in [5.41, 5.74) is 8.73. The molecule has 0 amide bonds. The van der Waals surface area contributed by atoms with E-state index in [1.807, 2.05) is 24.3 Å². The van der Waals surface area contributed by atoms with Crippen molar-refractivity contribution in [3.63, 3.8) is 0 Å². The van der Waals surface area contributed by atoms with E-state index in [4.69, 9.17) is 0 Å². The fourth-order valence-corrected chi connectivity index (χ4v) is 5.03. The summed E-state index contributed by atoms with van der Waals surface area (Å²) in [5, 5.41) is 11.5. The van der Waals surface area contributed by atoms with Crippen LogP contribution in [0.15, 0.2) is 103 Å². The fourth-order valence-electron chi connectivity index (χ4n) is 5.03. The Kier molecular flexibility index (Phi) is 3.89. The van der Waals surface area contributed by atoms with Crippen molar-refractivity contribution in [3.05, 3.63) is 125 Å². The lowest BCUT2D eigenvalue weighted by Gasteiger charge is -2.23. The summed E-state index contributed by atoms with van der Waals surface area (Å²) < 4.78 is 0. The molecule has 0 fully saturated rings. The molecule has 142 valence electrons. The van der Waals surface area contributed by atoms with Crippen LogP contribution in [0.3, 0.4) is 0 Å². The second-order valence-electron chi connectivity index (χ2n) is 8.38. The average molecular weight is 376 g/mol. The lowest BCUT2D eigenvalue weighted by atomic mass is 9.81. The molecule has 0 bridgehead atoms. The summed E-state index contributed by atoms with van der Waals surface area (Å²) >= 11 is 0. The summed E-state index contributed by atoms with van der Waals surface area (Å²) in [7, 11) is 0. The Bertz CT molecular complexity index is 1190. The number of rotatable bonds is 3. The van der Waals surface area contributed by atoms with E-state index in [1.165, 1.54) is 16.7 Å². The molecule has 0 saturated carbocycles. The molecule has 3 aliphatic rings. The lowest BCUT2D eigenvalue weighted by molar-refractivity contribution is 0.471. The number of para-hydroxylation sites is 1. The highest BCUT2D eigenvalue weighted by atomic mass is 16.3. The SMILES string of the molecule is C=CC1=C(c2cccc(C3=CC=CC4=CC=CC43)c2O)c2ccccc2C1(C)C. The molecule has 0 radical (unpaired) electrons. The van der Waals surface area contributed by atoms with E-state index in [9.17, 15) is 5.11 Å². The first-order valence-corrected chi connectivity index (χ1v) is 10.1. The molecule has 29 heavy (non-hydrogen) atoms. The van der Waals surface area contributed by atoms with Crippen LogP contribution in [-0.4, -0.2) is 5.11 Å². The standard InChI is InChI=1S/C28H24O/c1-4-24-26(22-12-5-6-17-25(22)28(24,2)3)23-16-9-15-21(27(23)29)20-14-8-11-18-10-7-13-19(18)20/h4-17,19,29H,1H2,2-3H3. The Hall–Kier alpha value is -3.32. The first-order valence-electron chi connectivity index (χ1n) is 10.1. The van der Waals surface area contributed by atoms with Crippen molar-refractivity contribution in [2.45, 2.75) is 19.3 Å². The molecule has 0 aliphatic heterocycles. The molecule has 5 rings (SSSR count). The maximum Gasteiger partial charge on any atom is 0.130 e. The van der Waals surface area contributed by atoms with Gasteiger partial charge in [0.1, 0.15) is 5.75 Å². The number of phenols is 1. The molecular formula is C28H24O. The van der Waals surface area contributed by atoms with Crippen LogP contribution in [0.2, 0.25) is 0 Å². The summed E-state index contributed by atoms with van der Waals surface area (Å²) in [6.07, 6.45) is 14.7. The van der Waals surface area contributed by atoms with Crippen LogP contribution in [0.1, 0.15) is 36.1 Å². The Morgan fingerprint density at radius 1 is 0.931 bits per heavy atom. The van der Waals surface area contributed by atoms with Gasteiger partial charge < -0.3 is 5.11 Å².